The first kappa shape index (κ1) is 15.6. The summed E-state index contributed by atoms with van der Waals surface area (Å²) < 4.78 is 5.29. The van der Waals surface area contributed by atoms with E-state index in [1.165, 1.54) is 11.1 Å². The lowest BCUT2D eigenvalue weighted by Crippen LogP contribution is -1.95. The highest BCUT2D eigenvalue weighted by molar-refractivity contribution is 5.83. The molecule has 4 aromatic rings. The Balaban J connectivity index is 1.61. The highest BCUT2D eigenvalue weighted by Gasteiger charge is 2.13. The van der Waals surface area contributed by atoms with Gasteiger partial charge in [0.25, 0.3) is 0 Å². The van der Waals surface area contributed by atoms with E-state index in [1.807, 2.05) is 13.8 Å². The third-order valence-electron chi connectivity index (χ3n) is 4.75. The number of nitrogens with zero attached hydrogens (tertiary/aromatic N) is 2. The zero-order valence-corrected chi connectivity index (χ0v) is 14.8. The van der Waals surface area contributed by atoms with Crippen LogP contribution in [0.3, 0.4) is 0 Å². The summed E-state index contributed by atoms with van der Waals surface area (Å²) >= 11 is 0. The van der Waals surface area contributed by atoms with Gasteiger partial charge in [0.2, 0.25) is 0 Å². The molecule has 2 aromatic carbocycles. The number of benzene rings is 2. The van der Waals surface area contributed by atoms with Crippen LogP contribution in [0.4, 0.5) is 0 Å². The topological polar surface area (TPSA) is 54.7 Å². The van der Waals surface area contributed by atoms with E-state index >= 15 is 0 Å². The van der Waals surface area contributed by atoms with Crippen molar-refractivity contribution in [1.82, 2.24) is 15.1 Å². The Morgan fingerprint density at radius 2 is 1.84 bits per heavy atom. The van der Waals surface area contributed by atoms with Crippen LogP contribution in [0.2, 0.25) is 0 Å². The number of H-pyrrole nitrogens is 1. The van der Waals surface area contributed by atoms with Gasteiger partial charge in [0.15, 0.2) is 0 Å². The number of imidazole rings is 1. The van der Waals surface area contributed by atoms with Gasteiger partial charge in [0.05, 0.1) is 16.7 Å². The Kier molecular flexibility index (Phi) is 3.88. The Morgan fingerprint density at radius 3 is 2.60 bits per heavy atom. The molecule has 0 spiro atoms. The van der Waals surface area contributed by atoms with Gasteiger partial charge < -0.3 is 9.51 Å². The third-order valence-corrected chi connectivity index (χ3v) is 4.75. The highest BCUT2D eigenvalue weighted by atomic mass is 16.5. The molecule has 0 aliphatic rings. The van der Waals surface area contributed by atoms with Gasteiger partial charge in [-0.25, -0.2) is 4.98 Å². The molecular weight excluding hydrogens is 310 g/mol. The van der Waals surface area contributed by atoms with Crippen LogP contribution < -0.4 is 0 Å². The Hall–Kier alpha value is -2.88. The van der Waals surface area contributed by atoms with E-state index in [0.717, 1.165) is 52.3 Å². The van der Waals surface area contributed by atoms with Crippen LogP contribution >= 0.6 is 0 Å². The second-order valence-corrected chi connectivity index (χ2v) is 6.54. The summed E-state index contributed by atoms with van der Waals surface area (Å²) in [7, 11) is 0. The lowest BCUT2D eigenvalue weighted by Gasteiger charge is -2.03. The van der Waals surface area contributed by atoms with E-state index in [4.69, 9.17) is 9.51 Å². The van der Waals surface area contributed by atoms with Crippen molar-refractivity contribution in [3.63, 3.8) is 0 Å². The zero-order chi connectivity index (χ0) is 17.4. The zero-order valence-electron chi connectivity index (χ0n) is 14.8. The number of nitrogens with one attached hydrogen (secondary N) is 1. The first-order valence-electron chi connectivity index (χ1n) is 8.58. The molecule has 0 aliphatic heterocycles. The molecule has 2 aromatic heterocycles. The predicted molar refractivity (Wildman–Crippen MR) is 99.7 cm³/mol. The molecule has 0 bridgehead atoms. The van der Waals surface area contributed by atoms with E-state index in [9.17, 15) is 0 Å². The van der Waals surface area contributed by atoms with Crippen molar-refractivity contribution < 1.29 is 4.52 Å². The van der Waals surface area contributed by atoms with Crippen molar-refractivity contribution in [1.29, 1.82) is 0 Å². The Morgan fingerprint density at radius 1 is 1.00 bits per heavy atom. The fourth-order valence-corrected chi connectivity index (χ4v) is 3.38. The summed E-state index contributed by atoms with van der Waals surface area (Å²) in [5.41, 5.74) is 7.85. The molecule has 0 atom stereocenters. The van der Waals surface area contributed by atoms with E-state index in [0.29, 0.717) is 0 Å². The summed E-state index contributed by atoms with van der Waals surface area (Å²) in [6, 6.07) is 14.8. The molecule has 0 saturated heterocycles. The molecule has 4 nitrogen and oxygen atoms in total. The molecule has 0 amide bonds. The molecule has 4 rings (SSSR count). The number of aromatic nitrogens is 3. The van der Waals surface area contributed by atoms with Crippen LogP contribution in [-0.4, -0.2) is 15.1 Å². The van der Waals surface area contributed by atoms with Crippen molar-refractivity contribution in [2.45, 2.75) is 33.6 Å². The molecule has 1 N–H and O–H groups in total. The fraction of sp³-hybridized carbons (Fsp3) is 0.238. The summed E-state index contributed by atoms with van der Waals surface area (Å²) in [5.74, 6) is 1.87. The normalized spacial score (nSPS) is 11.3. The van der Waals surface area contributed by atoms with E-state index < -0.39 is 0 Å². The monoisotopic (exact) mass is 331 g/mol. The quantitative estimate of drug-likeness (QED) is 0.577. The summed E-state index contributed by atoms with van der Waals surface area (Å²) in [4.78, 5) is 8.19. The van der Waals surface area contributed by atoms with Gasteiger partial charge in [-0.15, -0.1) is 0 Å². The van der Waals surface area contributed by atoms with Crippen molar-refractivity contribution in [3.8, 4) is 11.1 Å². The average Bonchev–Trinajstić information content (AvgIpc) is 3.16. The number of rotatable bonds is 4. The summed E-state index contributed by atoms with van der Waals surface area (Å²) in [6.45, 7) is 6.07. The minimum Gasteiger partial charge on any atom is -0.361 e. The first-order chi connectivity index (χ1) is 12.1. The second kappa shape index (κ2) is 6.20. The standard InChI is InChI=1S/C21H21N3O/c1-13-6-4-5-7-16(13)9-11-20-22-18-10-8-17(12-19(18)23-20)21-14(2)24-25-15(21)3/h4-8,10,12H,9,11H2,1-3H3,(H,22,23). The second-order valence-electron chi connectivity index (χ2n) is 6.54. The smallest absolute Gasteiger partial charge is 0.141 e. The molecule has 0 fully saturated rings. The van der Waals surface area contributed by atoms with Crippen LogP contribution in [-0.2, 0) is 12.8 Å². The average molecular weight is 331 g/mol. The van der Waals surface area contributed by atoms with Gasteiger partial charge >= 0.3 is 0 Å². The van der Waals surface area contributed by atoms with Gasteiger partial charge in [-0.05, 0) is 56.0 Å². The SMILES string of the molecule is Cc1ccccc1CCc1nc2ccc(-c3c(C)noc3C)cc2[nH]1. The molecular formula is C21H21N3O. The van der Waals surface area contributed by atoms with Crippen molar-refractivity contribution in [2.24, 2.45) is 0 Å². The van der Waals surface area contributed by atoms with Gasteiger partial charge in [-0.3, -0.25) is 0 Å². The molecule has 0 saturated carbocycles. The molecule has 0 aliphatic carbocycles. The number of aromatic amines is 1. The molecule has 126 valence electrons. The summed E-state index contributed by atoms with van der Waals surface area (Å²) in [5, 5.41) is 4.05. The van der Waals surface area contributed by atoms with Crippen molar-refractivity contribution >= 4 is 11.0 Å². The lowest BCUT2D eigenvalue weighted by molar-refractivity contribution is 0.393. The van der Waals surface area contributed by atoms with Gasteiger partial charge in [0, 0.05) is 12.0 Å². The fourth-order valence-electron chi connectivity index (χ4n) is 3.38. The molecule has 0 radical (unpaired) electrons. The highest BCUT2D eigenvalue weighted by Crippen LogP contribution is 2.29. The molecule has 25 heavy (non-hydrogen) atoms. The van der Waals surface area contributed by atoms with Crippen molar-refractivity contribution in [2.75, 3.05) is 0 Å². The Labute approximate surface area is 146 Å². The van der Waals surface area contributed by atoms with Gasteiger partial charge in [-0.2, -0.15) is 0 Å². The number of hydrogen-bond acceptors (Lipinski definition) is 3. The largest absolute Gasteiger partial charge is 0.361 e. The third kappa shape index (κ3) is 2.95. The Bertz CT molecular complexity index is 1020. The van der Waals surface area contributed by atoms with E-state index in [1.54, 1.807) is 0 Å². The minimum atomic E-state index is 0.844. The van der Waals surface area contributed by atoms with Crippen LogP contribution in [0, 0.1) is 20.8 Å². The maximum Gasteiger partial charge on any atom is 0.141 e. The van der Waals surface area contributed by atoms with Gasteiger partial charge in [0.1, 0.15) is 11.6 Å². The maximum atomic E-state index is 5.29. The van der Waals surface area contributed by atoms with Crippen LogP contribution in [0.15, 0.2) is 47.0 Å². The predicted octanol–water partition coefficient (Wildman–Crippen LogP) is 4.93. The first-order valence-corrected chi connectivity index (χ1v) is 8.58. The van der Waals surface area contributed by atoms with Crippen LogP contribution in [0.25, 0.3) is 22.2 Å². The lowest BCUT2D eigenvalue weighted by atomic mass is 10.0. The summed E-state index contributed by atoms with van der Waals surface area (Å²) in [6.07, 6.45) is 1.89. The van der Waals surface area contributed by atoms with E-state index in [-0.39, 0.29) is 0 Å². The van der Waals surface area contributed by atoms with Crippen LogP contribution in [0.1, 0.15) is 28.4 Å². The van der Waals surface area contributed by atoms with Gasteiger partial charge in [-0.1, -0.05) is 35.5 Å². The van der Waals surface area contributed by atoms with Crippen molar-refractivity contribution in [3.05, 3.63) is 70.9 Å². The number of hydrogen-bond donors (Lipinski definition) is 1. The van der Waals surface area contributed by atoms with Crippen LogP contribution in [0.5, 0.6) is 0 Å². The minimum absolute atomic E-state index is 0.844. The molecule has 4 heteroatoms. The molecule has 2 heterocycles. The number of fused-ring (bicyclic) bond motifs is 1. The molecule has 0 unspecified atom stereocenters. The maximum absolute atomic E-state index is 5.29. The van der Waals surface area contributed by atoms with E-state index in [2.05, 4.69) is 59.5 Å². The number of aryl methyl sites for hydroxylation is 5.